The maximum atomic E-state index is 12.9. The van der Waals surface area contributed by atoms with Crippen LogP contribution in [0.3, 0.4) is 0 Å². The number of aliphatic hydroxyl groups is 1. The van der Waals surface area contributed by atoms with E-state index in [-0.39, 0.29) is 11.7 Å². The standard InChI is InChI=1S/C23H18ClNO2/c24-19-13-7-12-18(14-19)21-20(17-10-5-2-6-11-17)22(26)23(27)25(21)15-16-8-3-1-4-9-16/h1-14,21,26H,15H2/t21-/m1/s1. The molecule has 0 aromatic heterocycles. The lowest BCUT2D eigenvalue weighted by atomic mass is 9.93. The maximum absolute atomic E-state index is 12.9. The second kappa shape index (κ2) is 7.29. The van der Waals surface area contributed by atoms with E-state index in [2.05, 4.69) is 0 Å². The Morgan fingerprint density at radius 3 is 2.22 bits per heavy atom. The monoisotopic (exact) mass is 375 g/mol. The summed E-state index contributed by atoms with van der Waals surface area (Å²) < 4.78 is 0. The normalized spacial score (nSPS) is 16.9. The maximum Gasteiger partial charge on any atom is 0.290 e. The van der Waals surface area contributed by atoms with E-state index in [1.54, 1.807) is 11.0 Å². The summed E-state index contributed by atoms with van der Waals surface area (Å²) in [5, 5.41) is 11.3. The Bertz CT molecular complexity index is 999. The summed E-state index contributed by atoms with van der Waals surface area (Å²) in [6, 6.07) is 26.3. The molecule has 4 heteroatoms. The van der Waals surface area contributed by atoms with Crippen LogP contribution >= 0.6 is 11.6 Å². The molecule has 1 heterocycles. The molecule has 0 aliphatic carbocycles. The van der Waals surface area contributed by atoms with Crippen LogP contribution in [0.1, 0.15) is 22.7 Å². The molecular weight excluding hydrogens is 358 g/mol. The third-order valence-corrected chi connectivity index (χ3v) is 4.98. The van der Waals surface area contributed by atoms with E-state index in [4.69, 9.17) is 11.6 Å². The second-order valence-electron chi connectivity index (χ2n) is 6.50. The fourth-order valence-electron chi connectivity index (χ4n) is 3.53. The molecular formula is C23H18ClNO2. The third-order valence-electron chi connectivity index (χ3n) is 4.75. The van der Waals surface area contributed by atoms with Gasteiger partial charge in [0.1, 0.15) is 0 Å². The Hall–Kier alpha value is -3.04. The van der Waals surface area contributed by atoms with Gasteiger partial charge in [-0.2, -0.15) is 0 Å². The minimum absolute atomic E-state index is 0.206. The number of carbonyl (C=O) groups excluding carboxylic acids is 1. The summed E-state index contributed by atoms with van der Waals surface area (Å²) >= 11 is 6.22. The molecule has 0 fully saturated rings. The highest BCUT2D eigenvalue weighted by Gasteiger charge is 2.40. The zero-order chi connectivity index (χ0) is 18.8. The topological polar surface area (TPSA) is 40.5 Å². The number of hydrogen-bond donors (Lipinski definition) is 1. The van der Waals surface area contributed by atoms with Crippen molar-refractivity contribution in [2.45, 2.75) is 12.6 Å². The number of halogens is 1. The van der Waals surface area contributed by atoms with Gasteiger partial charge in [0.05, 0.1) is 6.04 Å². The van der Waals surface area contributed by atoms with Gasteiger partial charge in [0.15, 0.2) is 5.76 Å². The number of amides is 1. The van der Waals surface area contributed by atoms with E-state index in [0.717, 1.165) is 16.7 Å². The number of aliphatic hydroxyl groups excluding tert-OH is 1. The fourth-order valence-corrected chi connectivity index (χ4v) is 3.73. The van der Waals surface area contributed by atoms with Gasteiger partial charge in [0.2, 0.25) is 0 Å². The number of benzene rings is 3. The largest absolute Gasteiger partial charge is 0.503 e. The van der Waals surface area contributed by atoms with Gasteiger partial charge in [0.25, 0.3) is 5.91 Å². The molecule has 0 spiro atoms. The van der Waals surface area contributed by atoms with Gasteiger partial charge in [-0.3, -0.25) is 4.79 Å². The third kappa shape index (κ3) is 3.34. The number of carbonyl (C=O) groups is 1. The van der Waals surface area contributed by atoms with Gasteiger partial charge in [-0.05, 0) is 28.8 Å². The van der Waals surface area contributed by atoms with Crippen LogP contribution in [0.2, 0.25) is 5.02 Å². The van der Waals surface area contributed by atoms with E-state index in [9.17, 15) is 9.90 Å². The quantitative estimate of drug-likeness (QED) is 0.663. The second-order valence-corrected chi connectivity index (χ2v) is 6.94. The van der Waals surface area contributed by atoms with Crippen LogP contribution in [0, 0.1) is 0 Å². The summed E-state index contributed by atoms with van der Waals surface area (Å²) in [6.07, 6.45) is 0. The number of rotatable bonds is 4. The molecule has 1 N–H and O–H groups in total. The number of nitrogens with zero attached hydrogens (tertiary/aromatic N) is 1. The van der Waals surface area contributed by atoms with Crippen LogP contribution in [0.15, 0.2) is 90.7 Å². The zero-order valence-corrected chi connectivity index (χ0v) is 15.3. The van der Waals surface area contributed by atoms with Crippen LogP contribution in [0.5, 0.6) is 0 Å². The molecule has 0 unspecified atom stereocenters. The van der Waals surface area contributed by atoms with E-state index < -0.39 is 6.04 Å². The molecule has 0 bridgehead atoms. The van der Waals surface area contributed by atoms with E-state index in [0.29, 0.717) is 17.1 Å². The SMILES string of the molecule is O=C1C(O)=C(c2ccccc2)[C@@H](c2cccc(Cl)c2)N1Cc1ccccc1. The van der Waals surface area contributed by atoms with Gasteiger partial charge in [-0.15, -0.1) is 0 Å². The minimum atomic E-state index is -0.404. The van der Waals surface area contributed by atoms with Crippen LogP contribution in [-0.2, 0) is 11.3 Å². The van der Waals surface area contributed by atoms with Crippen molar-refractivity contribution in [3.8, 4) is 0 Å². The molecule has 0 saturated heterocycles. The molecule has 1 aliphatic heterocycles. The highest BCUT2D eigenvalue weighted by atomic mass is 35.5. The highest BCUT2D eigenvalue weighted by Crippen LogP contribution is 2.44. The lowest BCUT2D eigenvalue weighted by Crippen LogP contribution is -2.29. The molecule has 134 valence electrons. The Balaban J connectivity index is 1.83. The van der Waals surface area contributed by atoms with Crippen molar-refractivity contribution in [1.82, 2.24) is 4.90 Å². The van der Waals surface area contributed by atoms with Crippen LogP contribution in [0.25, 0.3) is 5.57 Å². The van der Waals surface area contributed by atoms with Gasteiger partial charge in [-0.1, -0.05) is 84.4 Å². The zero-order valence-electron chi connectivity index (χ0n) is 14.5. The van der Waals surface area contributed by atoms with Gasteiger partial charge >= 0.3 is 0 Å². The molecule has 3 aromatic carbocycles. The average Bonchev–Trinajstić information content (AvgIpc) is 2.94. The van der Waals surface area contributed by atoms with Crippen LogP contribution in [0.4, 0.5) is 0 Å². The molecule has 4 rings (SSSR count). The molecule has 3 nitrogen and oxygen atoms in total. The van der Waals surface area contributed by atoms with Crippen LogP contribution < -0.4 is 0 Å². The Morgan fingerprint density at radius 2 is 1.56 bits per heavy atom. The Morgan fingerprint density at radius 1 is 0.889 bits per heavy atom. The van der Waals surface area contributed by atoms with Gasteiger partial charge in [-0.25, -0.2) is 0 Å². The Labute approximate surface area is 163 Å². The van der Waals surface area contributed by atoms with Crippen molar-refractivity contribution >= 4 is 23.1 Å². The van der Waals surface area contributed by atoms with Crippen molar-refractivity contribution in [1.29, 1.82) is 0 Å². The first-order valence-electron chi connectivity index (χ1n) is 8.74. The molecule has 1 aliphatic rings. The van der Waals surface area contributed by atoms with Crippen molar-refractivity contribution in [3.63, 3.8) is 0 Å². The predicted octanol–water partition coefficient (Wildman–Crippen LogP) is 5.39. The average molecular weight is 376 g/mol. The predicted molar refractivity (Wildman–Crippen MR) is 107 cm³/mol. The van der Waals surface area contributed by atoms with Crippen molar-refractivity contribution in [3.05, 3.63) is 112 Å². The molecule has 1 atom stereocenters. The molecule has 27 heavy (non-hydrogen) atoms. The first kappa shape index (κ1) is 17.4. The fraction of sp³-hybridized carbons (Fsp3) is 0.0870. The summed E-state index contributed by atoms with van der Waals surface area (Å²) in [7, 11) is 0. The highest BCUT2D eigenvalue weighted by molar-refractivity contribution is 6.30. The first-order valence-corrected chi connectivity index (χ1v) is 9.12. The summed E-state index contributed by atoms with van der Waals surface area (Å²) in [5.41, 5.74) is 3.30. The molecule has 3 aromatic rings. The molecule has 0 radical (unpaired) electrons. The lowest BCUT2D eigenvalue weighted by molar-refractivity contribution is -0.130. The minimum Gasteiger partial charge on any atom is -0.503 e. The lowest BCUT2D eigenvalue weighted by Gasteiger charge is -2.27. The van der Waals surface area contributed by atoms with Gasteiger partial charge < -0.3 is 10.0 Å². The smallest absolute Gasteiger partial charge is 0.290 e. The van der Waals surface area contributed by atoms with E-state index >= 15 is 0 Å². The summed E-state index contributed by atoms with van der Waals surface area (Å²) in [4.78, 5) is 14.6. The van der Waals surface area contributed by atoms with Gasteiger partial charge in [0, 0.05) is 17.1 Å². The summed E-state index contributed by atoms with van der Waals surface area (Å²) in [5.74, 6) is -0.579. The van der Waals surface area contributed by atoms with E-state index in [1.165, 1.54) is 0 Å². The summed E-state index contributed by atoms with van der Waals surface area (Å²) in [6.45, 7) is 0.400. The van der Waals surface area contributed by atoms with Crippen molar-refractivity contribution < 1.29 is 9.90 Å². The van der Waals surface area contributed by atoms with Crippen molar-refractivity contribution in [2.75, 3.05) is 0 Å². The first-order chi connectivity index (χ1) is 13.1. The molecule has 0 saturated carbocycles. The van der Waals surface area contributed by atoms with Crippen LogP contribution in [-0.4, -0.2) is 15.9 Å². The van der Waals surface area contributed by atoms with Crippen molar-refractivity contribution in [2.24, 2.45) is 0 Å². The Kier molecular flexibility index (Phi) is 4.69. The van der Waals surface area contributed by atoms with E-state index in [1.807, 2.05) is 78.9 Å². The molecule has 1 amide bonds. The number of hydrogen-bond acceptors (Lipinski definition) is 2.